The average Bonchev–Trinajstić information content (AvgIpc) is 2.32. The van der Waals surface area contributed by atoms with Crippen molar-refractivity contribution in [3.8, 4) is 0 Å². The summed E-state index contributed by atoms with van der Waals surface area (Å²) >= 11 is 3.24. The van der Waals surface area contributed by atoms with Gasteiger partial charge in [-0.05, 0) is 28.9 Å². The van der Waals surface area contributed by atoms with Crippen LogP contribution >= 0.6 is 15.9 Å². The molecule has 2 N–H and O–H groups in total. The van der Waals surface area contributed by atoms with Crippen LogP contribution in [0.1, 0.15) is 23.0 Å². The topological polar surface area (TPSA) is 90.5 Å². The predicted molar refractivity (Wildman–Crippen MR) is 73.3 cm³/mol. The Morgan fingerprint density at radius 2 is 2.11 bits per heavy atom. The third kappa shape index (κ3) is 3.66. The number of halogens is 1. The van der Waals surface area contributed by atoms with E-state index in [2.05, 4.69) is 20.9 Å². The molecule has 1 aromatic rings. The fraction of sp³-hybridized carbons (Fsp3) is 0.417. The minimum absolute atomic E-state index is 0.0161. The number of amides is 1. The first-order valence-electron chi connectivity index (χ1n) is 5.61. The maximum atomic E-state index is 12.1. The highest BCUT2D eigenvalue weighted by Gasteiger charge is 2.21. The molecule has 7 heteroatoms. The number of aliphatic carboxylic acids is 1. The van der Waals surface area contributed by atoms with Crippen LogP contribution in [0, 0.1) is 12.8 Å². The number of aryl methyl sites for hydroxylation is 1. The van der Waals surface area contributed by atoms with Crippen LogP contribution in [-0.2, 0) is 4.79 Å². The van der Waals surface area contributed by atoms with Gasteiger partial charge in [0.2, 0.25) is 0 Å². The van der Waals surface area contributed by atoms with Crippen molar-refractivity contribution in [2.24, 2.45) is 5.92 Å². The smallest absolute Gasteiger partial charge is 0.308 e. The SMILES string of the molecule is Cc1[nH]c(=O)c(C(=O)N(C)CC(C)C(=O)O)cc1Br. The number of nitrogens with zero attached hydrogens (tertiary/aromatic N) is 1. The number of carboxylic acid groups (broad SMARTS) is 1. The number of aromatic nitrogens is 1. The molecule has 0 fully saturated rings. The normalized spacial score (nSPS) is 12.0. The van der Waals surface area contributed by atoms with Crippen LogP contribution in [0.15, 0.2) is 15.3 Å². The van der Waals surface area contributed by atoms with E-state index in [1.807, 2.05) is 0 Å². The summed E-state index contributed by atoms with van der Waals surface area (Å²) in [7, 11) is 1.47. The third-order valence-electron chi connectivity index (χ3n) is 2.72. The molecule has 1 atom stereocenters. The third-order valence-corrected chi connectivity index (χ3v) is 3.55. The average molecular weight is 331 g/mol. The largest absolute Gasteiger partial charge is 0.481 e. The molecule has 6 nitrogen and oxygen atoms in total. The van der Waals surface area contributed by atoms with Crippen molar-refractivity contribution in [3.05, 3.63) is 32.2 Å². The fourth-order valence-corrected chi connectivity index (χ4v) is 1.86. The maximum Gasteiger partial charge on any atom is 0.308 e. The number of aromatic amines is 1. The molecule has 0 bridgehead atoms. The summed E-state index contributed by atoms with van der Waals surface area (Å²) in [6.07, 6.45) is 0. The monoisotopic (exact) mass is 330 g/mol. The van der Waals surface area contributed by atoms with Gasteiger partial charge in [0.25, 0.3) is 11.5 Å². The Morgan fingerprint density at radius 1 is 1.53 bits per heavy atom. The molecular weight excluding hydrogens is 316 g/mol. The molecule has 19 heavy (non-hydrogen) atoms. The van der Waals surface area contributed by atoms with Gasteiger partial charge in [0, 0.05) is 23.8 Å². The van der Waals surface area contributed by atoms with Crippen molar-refractivity contribution < 1.29 is 14.7 Å². The minimum Gasteiger partial charge on any atom is -0.481 e. The summed E-state index contributed by atoms with van der Waals surface area (Å²) in [5, 5.41) is 8.80. The molecule has 1 heterocycles. The quantitative estimate of drug-likeness (QED) is 0.868. The molecule has 0 aliphatic rings. The highest BCUT2D eigenvalue weighted by atomic mass is 79.9. The van der Waals surface area contributed by atoms with E-state index in [9.17, 15) is 14.4 Å². The molecule has 1 aromatic heterocycles. The molecule has 0 saturated carbocycles. The Morgan fingerprint density at radius 3 is 2.63 bits per heavy atom. The summed E-state index contributed by atoms with van der Waals surface area (Å²) in [6.45, 7) is 3.25. The lowest BCUT2D eigenvalue weighted by Gasteiger charge is -2.19. The van der Waals surface area contributed by atoms with Gasteiger partial charge in [-0.3, -0.25) is 14.4 Å². The lowest BCUT2D eigenvalue weighted by Crippen LogP contribution is -2.36. The van der Waals surface area contributed by atoms with Crippen molar-refractivity contribution in [1.82, 2.24) is 9.88 Å². The molecule has 0 aliphatic carbocycles. The van der Waals surface area contributed by atoms with Crippen LogP contribution in [-0.4, -0.2) is 40.5 Å². The summed E-state index contributed by atoms with van der Waals surface area (Å²) in [6, 6.07) is 1.44. The second-order valence-corrected chi connectivity index (χ2v) is 5.26. The van der Waals surface area contributed by atoms with Crippen LogP contribution < -0.4 is 5.56 Å². The summed E-state index contributed by atoms with van der Waals surface area (Å²) in [4.78, 5) is 38.3. The van der Waals surface area contributed by atoms with Gasteiger partial charge < -0.3 is 15.0 Å². The lowest BCUT2D eigenvalue weighted by molar-refractivity contribution is -0.141. The highest BCUT2D eigenvalue weighted by molar-refractivity contribution is 9.10. The van der Waals surface area contributed by atoms with Crippen molar-refractivity contribution in [3.63, 3.8) is 0 Å². The van der Waals surface area contributed by atoms with Gasteiger partial charge in [0.15, 0.2) is 0 Å². The molecule has 0 aliphatic heterocycles. The van der Waals surface area contributed by atoms with Crippen LogP contribution in [0.5, 0.6) is 0 Å². The second kappa shape index (κ2) is 6.01. The summed E-state index contributed by atoms with van der Waals surface area (Å²) in [5.41, 5.74) is 0.126. The fourth-order valence-electron chi connectivity index (χ4n) is 1.53. The first kappa shape index (κ1) is 15.4. The number of carbonyl (C=O) groups is 2. The van der Waals surface area contributed by atoms with Gasteiger partial charge in [-0.1, -0.05) is 6.92 Å². The number of rotatable bonds is 4. The van der Waals surface area contributed by atoms with Crippen molar-refractivity contribution in [2.45, 2.75) is 13.8 Å². The molecule has 1 amide bonds. The maximum absolute atomic E-state index is 12.1. The number of nitrogens with one attached hydrogen (secondary N) is 1. The number of pyridine rings is 1. The minimum atomic E-state index is -0.987. The highest BCUT2D eigenvalue weighted by Crippen LogP contribution is 2.13. The van der Waals surface area contributed by atoms with Gasteiger partial charge in [0.1, 0.15) is 5.56 Å². The molecule has 1 rings (SSSR count). The van der Waals surface area contributed by atoms with E-state index in [1.165, 1.54) is 24.9 Å². The Hall–Kier alpha value is -1.63. The molecular formula is C12H15BrN2O4. The molecule has 104 valence electrons. The number of H-pyrrole nitrogens is 1. The van der Waals surface area contributed by atoms with Crippen molar-refractivity contribution in [1.29, 1.82) is 0 Å². The summed E-state index contributed by atoms with van der Waals surface area (Å²) < 4.78 is 0.620. The van der Waals surface area contributed by atoms with Crippen LogP contribution in [0.25, 0.3) is 0 Å². The molecule has 0 radical (unpaired) electrons. The Balaban J connectivity index is 2.98. The number of carbonyl (C=O) groups excluding carboxylic acids is 1. The van der Waals surface area contributed by atoms with Crippen molar-refractivity contribution in [2.75, 3.05) is 13.6 Å². The van der Waals surface area contributed by atoms with E-state index >= 15 is 0 Å². The standard InChI is InChI=1S/C12H15BrN2O4/c1-6(12(18)19)5-15(3)11(17)8-4-9(13)7(2)14-10(8)16/h4,6H,5H2,1-3H3,(H,14,16)(H,18,19). The second-order valence-electron chi connectivity index (χ2n) is 4.41. The number of hydrogen-bond acceptors (Lipinski definition) is 3. The van der Waals surface area contributed by atoms with Gasteiger partial charge in [-0.15, -0.1) is 0 Å². The lowest BCUT2D eigenvalue weighted by atomic mass is 10.1. The van der Waals surface area contributed by atoms with Gasteiger partial charge in [0.05, 0.1) is 5.92 Å². The first-order valence-corrected chi connectivity index (χ1v) is 6.41. The van der Waals surface area contributed by atoms with E-state index in [0.29, 0.717) is 10.2 Å². The Kier molecular flexibility index (Phi) is 4.88. The van der Waals surface area contributed by atoms with E-state index < -0.39 is 23.4 Å². The predicted octanol–water partition coefficient (Wildman–Crippen LogP) is 1.24. The van der Waals surface area contributed by atoms with Gasteiger partial charge >= 0.3 is 5.97 Å². The van der Waals surface area contributed by atoms with Crippen LogP contribution in [0.3, 0.4) is 0 Å². The van der Waals surface area contributed by atoms with Crippen LogP contribution in [0.4, 0.5) is 0 Å². The number of carboxylic acids is 1. The molecule has 0 aromatic carbocycles. The molecule has 0 spiro atoms. The zero-order valence-electron chi connectivity index (χ0n) is 10.9. The zero-order chi connectivity index (χ0) is 14.7. The summed E-state index contributed by atoms with van der Waals surface area (Å²) in [5.74, 6) is -2.18. The van der Waals surface area contributed by atoms with E-state index in [0.717, 1.165) is 0 Å². The molecule has 1 unspecified atom stereocenters. The van der Waals surface area contributed by atoms with Gasteiger partial charge in [-0.25, -0.2) is 0 Å². The Bertz CT molecular complexity index is 567. The van der Waals surface area contributed by atoms with E-state index in [4.69, 9.17) is 5.11 Å². The van der Waals surface area contributed by atoms with Gasteiger partial charge in [-0.2, -0.15) is 0 Å². The molecule has 0 saturated heterocycles. The Labute approximate surface area is 118 Å². The van der Waals surface area contributed by atoms with Crippen LogP contribution in [0.2, 0.25) is 0 Å². The zero-order valence-corrected chi connectivity index (χ0v) is 12.4. The number of hydrogen-bond donors (Lipinski definition) is 2. The van der Waals surface area contributed by atoms with E-state index in [-0.39, 0.29) is 12.1 Å². The first-order chi connectivity index (χ1) is 8.73. The van der Waals surface area contributed by atoms with Crippen molar-refractivity contribution >= 4 is 27.8 Å². The van der Waals surface area contributed by atoms with E-state index in [1.54, 1.807) is 6.92 Å².